The van der Waals surface area contributed by atoms with E-state index >= 15 is 0 Å². The molecule has 0 bridgehead atoms. The highest BCUT2D eigenvalue weighted by atomic mass is 16.4. The summed E-state index contributed by atoms with van der Waals surface area (Å²) in [4.78, 5) is 37.4. The molecule has 0 aliphatic carbocycles. The van der Waals surface area contributed by atoms with Crippen molar-refractivity contribution in [1.29, 1.82) is 0 Å². The van der Waals surface area contributed by atoms with Gasteiger partial charge in [-0.15, -0.1) is 0 Å². The molecule has 0 aliphatic heterocycles. The average Bonchev–Trinajstić information content (AvgIpc) is 2.61. The number of carboxylic acid groups (broad SMARTS) is 1. The normalized spacial score (nSPS) is 11.9. The van der Waals surface area contributed by atoms with Gasteiger partial charge in [-0.25, -0.2) is 0 Å². The second-order valence-electron chi connectivity index (χ2n) is 5.50. The van der Waals surface area contributed by atoms with Gasteiger partial charge in [0.05, 0.1) is 13.1 Å². The van der Waals surface area contributed by atoms with Crippen molar-refractivity contribution in [3.8, 4) is 0 Å². The molecule has 5 nitrogen and oxygen atoms in total. The minimum Gasteiger partial charge on any atom is -0.480 e. The van der Waals surface area contributed by atoms with E-state index in [4.69, 9.17) is 0 Å². The molecule has 2 rings (SSSR count). The maximum atomic E-state index is 12.4. The number of nitrogens with zero attached hydrogens (tertiary/aromatic N) is 1. The maximum Gasteiger partial charge on any atom is 0.320 e. The third-order valence-corrected chi connectivity index (χ3v) is 3.79. The molecule has 0 aliphatic rings. The van der Waals surface area contributed by atoms with Crippen LogP contribution in [0.1, 0.15) is 27.6 Å². The summed E-state index contributed by atoms with van der Waals surface area (Å²) >= 11 is 0. The Bertz CT molecular complexity index is 659. The monoisotopic (exact) mass is 325 g/mol. The van der Waals surface area contributed by atoms with E-state index in [1.54, 1.807) is 60.7 Å². The molecule has 1 atom stereocenters. The molecular formula is C19H19NO4. The third-order valence-electron chi connectivity index (χ3n) is 3.79. The van der Waals surface area contributed by atoms with Gasteiger partial charge in [0.1, 0.15) is 6.04 Å². The molecule has 0 fully saturated rings. The molecule has 24 heavy (non-hydrogen) atoms. The predicted molar refractivity (Wildman–Crippen MR) is 90.2 cm³/mol. The van der Waals surface area contributed by atoms with E-state index in [9.17, 15) is 19.5 Å². The molecule has 0 aromatic heterocycles. The Kier molecular flexibility index (Phi) is 5.98. The number of rotatable bonds is 8. The molecule has 0 heterocycles. The fraction of sp³-hybridized carbons (Fsp3) is 0.211. The highest BCUT2D eigenvalue weighted by molar-refractivity contribution is 6.00. The Morgan fingerprint density at radius 1 is 0.833 bits per heavy atom. The van der Waals surface area contributed by atoms with Crippen LogP contribution in [0.15, 0.2) is 60.7 Å². The third kappa shape index (κ3) is 4.60. The summed E-state index contributed by atoms with van der Waals surface area (Å²) in [5.74, 6) is -1.51. The number of hydrogen-bond acceptors (Lipinski definition) is 4. The average molecular weight is 325 g/mol. The molecular weight excluding hydrogens is 306 g/mol. The van der Waals surface area contributed by atoms with Crippen LogP contribution in [-0.4, -0.2) is 46.7 Å². The Morgan fingerprint density at radius 2 is 1.21 bits per heavy atom. The quantitative estimate of drug-likeness (QED) is 0.755. The van der Waals surface area contributed by atoms with Gasteiger partial charge in [0.15, 0.2) is 11.6 Å². The number of Topliss-reactive ketones (excluding diaryl/α,β-unsaturated/α-hetero) is 2. The van der Waals surface area contributed by atoms with Crippen LogP contribution in [0.3, 0.4) is 0 Å². The fourth-order valence-corrected chi connectivity index (χ4v) is 2.29. The molecule has 0 radical (unpaired) electrons. The second kappa shape index (κ2) is 8.17. The molecule has 0 spiro atoms. The van der Waals surface area contributed by atoms with Crippen molar-refractivity contribution in [2.45, 2.75) is 13.0 Å². The topological polar surface area (TPSA) is 74.7 Å². The van der Waals surface area contributed by atoms with Gasteiger partial charge in [-0.3, -0.25) is 19.3 Å². The van der Waals surface area contributed by atoms with Gasteiger partial charge in [0, 0.05) is 11.1 Å². The highest BCUT2D eigenvalue weighted by Crippen LogP contribution is 2.08. The summed E-state index contributed by atoms with van der Waals surface area (Å²) in [6, 6.07) is 16.3. The minimum absolute atomic E-state index is 0.129. The molecule has 2 aromatic rings. The van der Waals surface area contributed by atoms with Gasteiger partial charge in [-0.2, -0.15) is 0 Å². The predicted octanol–water partition coefficient (Wildman–Crippen LogP) is 2.53. The van der Waals surface area contributed by atoms with Crippen molar-refractivity contribution in [3.05, 3.63) is 71.8 Å². The van der Waals surface area contributed by atoms with Gasteiger partial charge in [0.2, 0.25) is 0 Å². The SMILES string of the molecule is C[C@@H](C(=O)O)N(CC(=O)c1ccccc1)CC(=O)c1ccccc1. The van der Waals surface area contributed by atoms with Crippen molar-refractivity contribution >= 4 is 17.5 Å². The standard InChI is InChI=1S/C19H19NO4/c1-14(19(23)24)20(12-17(21)15-8-4-2-5-9-15)13-18(22)16-10-6-3-7-11-16/h2-11,14H,12-13H2,1H3,(H,23,24)/t14-/m0/s1. The largest absolute Gasteiger partial charge is 0.480 e. The van der Waals surface area contributed by atoms with Crippen LogP contribution in [0.25, 0.3) is 0 Å². The van der Waals surface area contributed by atoms with Crippen LogP contribution < -0.4 is 0 Å². The van der Waals surface area contributed by atoms with Crippen LogP contribution in [0.2, 0.25) is 0 Å². The number of aliphatic carboxylic acids is 1. The highest BCUT2D eigenvalue weighted by Gasteiger charge is 2.25. The molecule has 1 N–H and O–H groups in total. The number of benzene rings is 2. The summed E-state index contributed by atoms with van der Waals surface area (Å²) in [6.45, 7) is 1.21. The van der Waals surface area contributed by atoms with Crippen molar-refractivity contribution in [2.75, 3.05) is 13.1 Å². The second-order valence-corrected chi connectivity index (χ2v) is 5.50. The lowest BCUT2D eigenvalue weighted by Crippen LogP contribution is -2.44. The fourth-order valence-electron chi connectivity index (χ4n) is 2.29. The molecule has 2 aromatic carbocycles. The molecule has 5 heteroatoms. The summed E-state index contributed by atoms with van der Waals surface area (Å²) in [7, 11) is 0. The Morgan fingerprint density at radius 3 is 1.54 bits per heavy atom. The van der Waals surface area contributed by atoms with Crippen LogP contribution in [0.5, 0.6) is 0 Å². The Labute approximate surface area is 140 Å². The summed E-state index contributed by atoms with van der Waals surface area (Å²) in [5.41, 5.74) is 0.986. The Balaban J connectivity index is 2.14. The summed E-state index contributed by atoms with van der Waals surface area (Å²) < 4.78 is 0. The van der Waals surface area contributed by atoms with Crippen molar-refractivity contribution < 1.29 is 19.5 Å². The Hall–Kier alpha value is -2.79. The summed E-state index contributed by atoms with van der Waals surface area (Å²) in [6.07, 6.45) is 0. The lowest BCUT2D eigenvalue weighted by molar-refractivity contribution is -0.142. The van der Waals surface area contributed by atoms with Crippen molar-refractivity contribution in [3.63, 3.8) is 0 Å². The first kappa shape index (κ1) is 17.6. The van der Waals surface area contributed by atoms with Crippen LogP contribution >= 0.6 is 0 Å². The molecule has 124 valence electrons. The van der Waals surface area contributed by atoms with E-state index in [0.29, 0.717) is 11.1 Å². The first-order valence-corrected chi connectivity index (χ1v) is 7.62. The molecule has 0 saturated carbocycles. The first-order chi connectivity index (χ1) is 11.5. The molecule has 0 amide bonds. The van der Waals surface area contributed by atoms with Gasteiger partial charge in [0.25, 0.3) is 0 Å². The van der Waals surface area contributed by atoms with E-state index in [0.717, 1.165) is 0 Å². The van der Waals surface area contributed by atoms with E-state index < -0.39 is 12.0 Å². The zero-order valence-corrected chi connectivity index (χ0v) is 13.4. The van der Waals surface area contributed by atoms with Crippen LogP contribution in [0.4, 0.5) is 0 Å². The minimum atomic E-state index is -1.07. The first-order valence-electron chi connectivity index (χ1n) is 7.62. The number of carbonyl (C=O) groups is 3. The zero-order chi connectivity index (χ0) is 17.5. The number of hydrogen-bond donors (Lipinski definition) is 1. The van der Waals surface area contributed by atoms with Crippen molar-refractivity contribution in [1.82, 2.24) is 4.90 Å². The van der Waals surface area contributed by atoms with E-state index in [1.165, 1.54) is 11.8 Å². The van der Waals surface area contributed by atoms with Gasteiger partial charge in [-0.1, -0.05) is 60.7 Å². The van der Waals surface area contributed by atoms with Gasteiger partial charge < -0.3 is 5.11 Å². The van der Waals surface area contributed by atoms with Crippen LogP contribution in [0, 0.1) is 0 Å². The smallest absolute Gasteiger partial charge is 0.320 e. The van der Waals surface area contributed by atoms with E-state index in [2.05, 4.69) is 0 Å². The van der Waals surface area contributed by atoms with Crippen LogP contribution in [-0.2, 0) is 4.79 Å². The summed E-state index contributed by atoms with van der Waals surface area (Å²) in [5, 5.41) is 9.26. The van der Waals surface area contributed by atoms with Gasteiger partial charge >= 0.3 is 5.97 Å². The lowest BCUT2D eigenvalue weighted by atomic mass is 10.1. The number of carbonyl (C=O) groups excluding carboxylic acids is 2. The number of ketones is 2. The molecule has 0 unspecified atom stereocenters. The van der Waals surface area contributed by atoms with E-state index in [-0.39, 0.29) is 24.7 Å². The zero-order valence-electron chi connectivity index (χ0n) is 13.4. The lowest BCUT2D eigenvalue weighted by Gasteiger charge is -2.24. The maximum absolute atomic E-state index is 12.4. The molecule has 0 saturated heterocycles. The van der Waals surface area contributed by atoms with Crippen molar-refractivity contribution in [2.24, 2.45) is 0 Å². The number of carboxylic acids is 1. The van der Waals surface area contributed by atoms with E-state index in [1.807, 2.05) is 0 Å². The van der Waals surface area contributed by atoms with Gasteiger partial charge in [-0.05, 0) is 6.92 Å².